The van der Waals surface area contributed by atoms with Crippen LogP contribution in [0.1, 0.15) is 152 Å². The third kappa shape index (κ3) is 18.5. The van der Waals surface area contributed by atoms with Crippen LogP contribution in [0.5, 0.6) is 11.8 Å². The van der Waals surface area contributed by atoms with Gasteiger partial charge in [0.15, 0.2) is 0 Å². The molecular weight excluding hydrogens is 1520 g/mol. The van der Waals surface area contributed by atoms with Crippen molar-refractivity contribution in [2.24, 2.45) is 11.5 Å². The number of piperazine rings is 2. The van der Waals surface area contributed by atoms with Crippen molar-refractivity contribution in [1.82, 2.24) is 68.9 Å². The van der Waals surface area contributed by atoms with E-state index in [4.69, 9.17) is 40.0 Å². The average molecular weight is 1620 g/mol. The molecule has 7 saturated heterocycles. The number of nitriles is 3. The molecule has 12 aromatic rings. The smallest absolute Gasteiger partial charge is 0.252 e. The van der Waals surface area contributed by atoms with Crippen molar-refractivity contribution >= 4 is 39.9 Å². The molecule has 1 aliphatic carbocycles. The lowest BCUT2D eigenvalue weighted by Crippen LogP contribution is -2.68. The zero-order valence-corrected chi connectivity index (χ0v) is 68.6. The Morgan fingerprint density at radius 3 is 1.36 bits per heavy atom. The summed E-state index contributed by atoms with van der Waals surface area (Å²) in [5.74, 6) is 21.1. The molecule has 7 aliphatic heterocycles. The number of fused-ring (bicyclic) bond motifs is 7. The molecule has 0 spiro atoms. The fraction of sp³-hybridized carbons (Fsp3) is 0.340. The number of ether oxygens (including phenoxy) is 2. The number of pyridine rings is 8. The lowest BCUT2D eigenvalue weighted by atomic mass is 9.87. The van der Waals surface area contributed by atoms with Gasteiger partial charge >= 0.3 is 0 Å². The molecule has 26 nitrogen and oxygen atoms in total. The van der Waals surface area contributed by atoms with Gasteiger partial charge in [-0.15, -0.1) is 0 Å². The van der Waals surface area contributed by atoms with Crippen molar-refractivity contribution in [2.45, 2.75) is 159 Å². The normalized spacial score (nSPS) is 18.3. The molecule has 6 N–H and O–H groups in total. The Labute approximate surface area is 706 Å². The number of nitrogens with two attached hydrogens (primary N) is 2. The van der Waals surface area contributed by atoms with Crippen molar-refractivity contribution < 1.29 is 27.9 Å². The average Bonchev–Trinajstić information content (AvgIpc) is 1.21. The van der Waals surface area contributed by atoms with Crippen LogP contribution >= 0.6 is 0 Å². The summed E-state index contributed by atoms with van der Waals surface area (Å²) in [7, 11) is -2.51. The summed E-state index contributed by atoms with van der Waals surface area (Å²) in [6.07, 6.45) is 25.6. The second-order valence-corrected chi connectivity index (χ2v) is 33.9. The van der Waals surface area contributed by atoms with Gasteiger partial charge in [-0.05, 0) is 177 Å². The first-order chi connectivity index (χ1) is 59.2. The third-order valence-corrected chi connectivity index (χ3v) is 22.6. The third-order valence-electron chi connectivity index (χ3n) is 22.6. The van der Waals surface area contributed by atoms with E-state index in [1.807, 2.05) is 114 Å². The number of hydrogen-bond donors (Lipinski definition) is 4. The summed E-state index contributed by atoms with van der Waals surface area (Å²) < 4.78 is 51.1. The van der Waals surface area contributed by atoms with Gasteiger partial charge in [0.05, 0.1) is 74.1 Å². The second-order valence-electron chi connectivity index (χ2n) is 33.9. The first-order valence-corrected chi connectivity index (χ1v) is 40.4. The fourth-order valence-electron chi connectivity index (χ4n) is 16.1. The molecule has 1 amide bonds. The summed E-state index contributed by atoms with van der Waals surface area (Å²) in [4.78, 5) is 47.8. The Morgan fingerprint density at radius 2 is 0.983 bits per heavy atom. The highest BCUT2D eigenvalue weighted by Crippen LogP contribution is 2.40. The number of carbonyl (C=O) groups is 1. The minimum absolute atomic E-state index is 0.0974. The summed E-state index contributed by atoms with van der Waals surface area (Å²) >= 11 is 0. The van der Waals surface area contributed by atoms with Crippen molar-refractivity contribution in [3.05, 3.63) is 227 Å². The number of benzene rings is 1. The number of methoxy groups -OCH3 is 1. The van der Waals surface area contributed by atoms with Crippen LogP contribution in [0.2, 0.25) is 0 Å². The van der Waals surface area contributed by atoms with Crippen LogP contribution in [0.4, 0.5) is 21.8 Å². The number of amides is 1. The zero-order chi connectivity index (χ0) is 87.2. The first-order valence-electron chi connectivity index (χ1n) is 41.9. The monoisotopic (exact) mass is 1620 g/mol. The number of aromatic nitrogens is 11. The van der Waals surface area contributed by atoms with E-state index >= 15 is 0 Å². The van der Waals surface area contributed by atoms with Gasteiger partial charge in [-0.1, -0.05) is 53.7 Å². The van der Waals surface area contributed by atoms with Crippen LogP contribution in [-0.2, 0) is 13.1 Å². The lowest BCUT2D eigenvalue weighted by Gasteiger charge is -2.56. The minimum Gasteiger partial charge on any atom is -0.481 e. The van der Waals surface area contributed by atoms with E-state index in [0.29, 0.717) is 87.7 Å². The number of aliphatic hydroxyl groups is 1. The highest BCUT2D eigenvalue weighted by atomic mass is 19.1. The fourth-order valence-corrected chi connectivity index (χ4v) is 16.1. The molecule has 20 rings (SSSR count). The summed E-state index contributed by atoms with van der Waals surface area (Å²) in [6.45, 7) is 21.2. The van der Waals surface area contributed by atoms with Crippen molar-refractivity contribution in [3.8, 4) is 98.9 Å². The molecule has 4 unspecified atom stereocenters. The van der Waals surface area contributed by atoms with Gasteiger partial charge in [0.2, 0.25) is 11.8 Å². The standard InChI is InChI=1S/C32H32FN7O.C32H31N7O2.C30H30N8O/c1-21-5-7-25(33)16-26(21)30(41)38-32(4)11-13-39(14-12-32)28-8-6-23(18-36-28)27-15-22(9-10-31(2,3)35)20-40-29(27)24(17-34)19-37-40;1-32(2,40)10-9-21-11-28(31-24(13-33)16-36-39(31)18-21)23-4-7-29(34-15-23)37-19-25-12-26(20-37)38(25)17-22-3-8-30(35-14-22)41-27-5-6-27;1-30(2,32)9-8-20-10-26(29-23(12-31)15-35-38(29)17-20)22-5-6-27(33-14-22)36-18-24-11-25(19-36)37(24)16-21-4-7-28(39-3)34-13-21/h5-8,15-16,18-20H,11-14,35H2,1-4H3,(H,38,41);3-4,7-8,11,14-16,18,25-27,40H,5-6,12,17,19-20H2,1-2H3;4-7,10,13-15,17,24-25H,11,16,18-19,32H2,1-3H3/i;;3D3. The molecule has 4 bridgehead atoms. The number of anilines is 3. The number of hydrogen-bond acceptors (Lipinski definition) is 22. The summed E-state index contributed by atoms with van der Waals surface area (Å²) in [6, 6.07) is 38.3. The Morgan fingerprint density at radius 1 is 0.562 bits per heavy atom. The number of carbonyl (C=O) groups excluding carboxylic acids is 1. The van der Waals surface area contributed by atoms with E-state index < -0.39 is 35.1 Å². The molecule has 4 atom stereocenters. The second kappa shape index (κ2) is 33.3. The van der Waals surface area contributed by atoms with Gasteiger partial charge in [-0.3, -0.25) is 14.6 Å². The van der Waals surface area contributed by atoms with E-state index in [9.17, 15) is 30.1 Å². The molecule has 1 saturated carbocycles. The van der Waals surface area contributed by atoms with E-state index in [1.165, 1.54) is 24.1 Å². The minimum atomic E-state index is -2.51. The number of halogens is 1. The number of piperidine rings is 3. The quantitative estimate of drug-likeness (QED) is 0.0693. The SMILES string of the molecule is CC(C)(O)C#Cc1cc(-c2ccc(N3CC4CC(C3)N4Cc3ccc(OC4CC4)nc3)nc2)c2c(C#N)cnn2c1.Cc1ccc(F)cc1C(=O)NC1(C)CCN(c2ccc(-c3cc(C#CC(C)(C)N)cn4ncc(C#N)c34)cn2)CC1.[2H]C([2H])([2H])Oc1ccc(CN2C3CC2CN(c2ccc(-c4cc(C#CC(C)(C)N)cn5ncc(C#N)c45)cn2)C3)cn1. The first kappa shape index (κ1) is 77.3. The number of aryl methyl sites for hydroxylation is 1. The molecule has 121 heavy (non-hydrogen) atoms. The van der Waals surface area contributed by atoms with Gasteiger partial charge in [-0.2, -0.15) is 31.1 Å². The lowest BCUT2D eigenvalue weighted by molar-refractivity contribution is -0.00879. The van der Waals surface area contributed by atoms with Crippen LogP contribution in [0, 0.1) is 82.3 Å². The summed E-state index contributed by atoms with van der Waals surface area (Å²) in [5, 5.41) is 55.3. The Bertz CT molecular complexity index is 6360. The zero-order valence-electron chi connectivity index (χ0n) is 71.6. The summed E-state index contributed by atoms with van der Waals surface area (Å²) in [5.41, 5.74) is 23.4. The molecule has 610 valence electrons. The van der Waals surface area contributed by atoms with E-state index in [2.05, 4.69) is 121 Å². The molecule has 18 heterocycles. The largest absolute Gasteiger partial charge is 0.481 e. The van der Waals surface area contributed by atoms with Crippen LogP contribution < -0.4 is 41.0 Å². The maximum Gasteiger partial charge on any atom is 0.252 e. The van der Waals surface area contributed by atoms with Gasteiger partial charge < -0.3 is 46.1 Å². The van der Waals surface area contributed by atoms with E-state index in [-0.39, 0.29) is 11.8 Å². The molecular formula is C94H93FN22O4. The topological polar surface area (TPSA) is 324 Å². The van der Waals surface area contributed by atoms with Crippen LogP contribution in [0.3, 0.4) is 0 Å². The molecule has 8 aliphatic rings. The van der Waals surface area contributed by atoms with Crippen LogP contribution in [0.25, 0.3) is 49.9 Å². The molecule has 11 aromatic heterocycles. The van der Waals surface area contributed by atoms with Gasteiger partial charge in [0, 0.05) is 199 Å². The number of rotatable bonds is 15. The van der Waals surface area contributed by atoms with Crippen LogP contribution in [-0.4, -0.2) is 173 Å². The molecule has 1 aromatic carbocycles. The number of nitrogens with one attached hydrogen (secondary N) is 1. The van der Waals surface area contributed by atoms with Crippen molar-refractivity contribution in [3.63, 3.8) is 0 Å². The highest BCUT2D eigenvalue weighted by Gasteiger charge is 2.46. The Hall–Kier alpha value is -13.6. The molecule has 0 radical (unpaired) electrons. The predicted molar refractivity (Wildman–Crippen MR) is 460 cm³/mol. The highest BCUT2D eigenvalue weighted by molar-refractivity contribution is 5.96. The van der Waals surface area contributed by atoms with Gasteiger partial charge in [-0.25, -0.2) is 42.9 Å². The van der Waals surface area contributed by atoms with Gasteiger partial charge in [0.1, 0.15) is 53.2 Å². The van der Waals surface area contributed by atoms with Crippen LogP contribution in [0.15, 0.2) is 165 Å². The van der Waals surface area contributed by atoms with Gasteiger partial charge in [0.25, 0.3) is 5.91 Å². The Kier molecular flexibility index (Phi) is 21.3. The van der Waals surface area contributed by atoms with Crippen molar-refractivity contribution in [2.75, 3.05) is 61.0 Å². The van der Waals surface area contributed by atoms with E-state index in [1.54, 1.807) is 96.0 Å². The van der Waals surface area contributed by atoms with Crippen molar-refractivity contribution in [1.29, 1.82) is 15.8 Å². The molecule has 8 fully saturated rings. The predicted octanol–water partition coefficient (Wildman–Crippen LogP) is 11.6. The maximum absolute atomic E-state index is 13.7. The van der Waals surface area contributed by atoms with E-state index in [0.717, 1.165) is 150 Å². The maximum atomic E-state index is 13.7. The Balaban J connectivity index is 0.000000137. The molecule has 27 heteroatoms. The number of nitrogens with zero attached hydrogens (tertiary/aromatic N) is 19.